The van der Waals surface area contributed by atoms with Gasteiger partial charge in [0.25, 0.3) is 0 Å². The van der Waals surface area contributed by atoms with E-state index in [1.54, 1.807) is 18.2 Å². The number of halogens is 4. The van der Waals surface area contributed by atoms with Crippen LogP contribution in [0.4, 0.5) is 13.2 Å². The molecule has 0 aliphatic carbocycles. The zero-order chi connectivity index (χ0) is 13.3. The lowest BCUT2D eigenvalue weighted by Crippen LogP contribution is -2.07. The van der Waals surface area contributed by atoms with Crippen molar-refractivity contribution in [1.29, 1.82) is 5.26 Å². The van der Waals surface area contributed by atoms with Crippen LogP contribution < -0.4 is 0 Å². The van der Waals surface area contributed by atoms with Crippen molar-refractivity contribution in [2.45, 2.75) is 6.18 Å². The SMILES string of the molecule is N#Cc1c(C(F)(F)F)n[nH]c1-c1cccc(Cl)c1. The molecule has 0 atom stereocenters. The first-order valence-corrected chi connectivity index (χ1v) is 5.13. The lowest BCUT2D eigenvalue weighted by Gasteiger charge is -2.02. The molecule has 0 saturated heterocycles. The van der Waals surface area contributed by atoms with Crippen molar-refractivity contribution in [2.75, 3.05) is 0 Å². The molecule has 0 spiro atoms. The minimum atomic E-state index is -4.67. The molecule has 0 aliphatic heterocycles. The highest BCUT2D eigenvalue weighted by atomic mass is 35.5. The molecule has 1 aromatic heterocycles. The molecule has 0 bridgehead atoms. The van der Waals surface area contributed by atoms with Gasteiger partial charge in [-0.15, -0.1) is 0 Å². The highest BCUT2D eigenvalue weighted by Crippen LogP contribution is 2.34. The van der Waals surface area contributed by atoms with E-state index in [1.165, 1.54) is 12.1 Å². The number of nitriles is 1. The van der Waals surface area contributed by atoms with Crippen LogP contribution in [0.5, 0.6) is 0 Å². The third-order valence-electron chi connectivity index (χ3n) is 2.26. The zero-order valence-electron chi connectivity index (χ0n) is 8.72. The summed E-state index contributed by atoms with van der Waals surface area (Å²) in [4.78, 5) is 0. The number of hydrogen-bond acceptors (Lipinski definition) is 2. The smallest absolute Gasteiger partial charge is 0.276 e. The minimum absolute atomic E-state index is 0.00678. The highest BCUT2D eigenvalue weighted by Gasteiger charge is 2.38. The van der Waals surface area contributed by atoms with E-state index in [4.69, 9.17) is 16.9 Å². The average molecular weight is 272 g/mol. The second-order valence-corrected chi connectivity index (χ2v) is 3.88. The largest absolute Gasteiger partial charge is 0.436 e. The summed E-state index contributed by atoms with van der Waals surface area (Å²) in [5, 5.41) is 14.6. The number of nitrogens with zero attached hydrogens (tertiary/aromatic N) is 2. The van der Waals surface area contributed by atoms with Crippen molar-refractivity contribution in [3.63, 3.8) is 0 Å². The van der Waals surface area contributed by atoms with Crippen LogP contribution in [0.2, 0.25) is 5.02 Å². The van der Waals surface area contributed by atoms with Gasteiger partial charge in [0.05, 0.1) is 5.69 Å². The van der Waals surface area contributed by atoms with Crippen LogP contribution in [0.25, 0.3) is 11.3 Å². The highest BCUT2D eigenvalue weighted by molar-refractivity contribution is 6.30. The molecular weight excluding hydrogens is 267 g/mol. The van der Waals surface area contributed by atoms with Crippen molar-refractivity contribution < 1.29 is 13.2 Å². The van der Waals surface area contributed by atoms with Crippen molar-refractivity contribution in [3.05, 3.63) is 40.5 Å². The fourth-order valence-corrected chi connectivity index (χ4v) is 1.70. The molecule has 92 valence electrons. The molecule has 2 aromatic rings. The van der Waals surface area contributed by atoms with Crippen LogP contribution in [-0.4, -0.2) is 10.2 Å². The molecule has 0 saturated carbocycles. The van der Waals surface area contributed by atoms with E-state index in [-0.39, 0.29) is 5.69 Å². The van der Waals surface area contributed by atoms with Gasteiger partial charge in [0.2, 0.25) is 0 Å². The molecule has 0 radical (unpaired) electrons. The summed E-state index contributed by atoms with van der Waals surface area (Å²) in [7, 11) is 0. The van der Waals surface area contributed by atoms with E-state index >= 15 is 0 Å². The van der Waals surface area contributed by atoms with Crippen LogP contribution in [0.15, 0.2) is 24.3 Å². The van der Waals surface area contributed by atoms with Crippen LogP contribution in [0.1, 0.15) is 11.3 Å². The standard InChI is InChI=1S/C11H5ClF3N3/c12-7-3-1-2-6(4-7)9-8(5-16)10(18-17-9)11(13,14)15/h1-4H,(H,17,18). The van der Waals surface area contributed by atoms with Gasteiger partial charge in [0.15, 0.2) is 5.69 Å². The number of aromatic nitrogens is 2. The van der Waals surface area contributed by atoms with Crippen LogP contribution in [0.3, 0.4) is 0 Å². The molecule has 1 aromatic carbocycles. The van der Waals surface area contributed by atoms with E-state index < -0.39 is 17.4 Å². The first kappa shape index (κ1) is 12.5. The summed E-state index contributed by atoms with van der Waals surface area (Å²) in [6, 6.07) is 7.67. The van der Waals surface area contributed by atoms with E-state index in [2.05, 4.69) is 10.2 Å². The van der Waals surface area contributed by atoms with Gasteiger partial charge < -0.3 is 0 Å². The zero-order valence-corrected chi connectivity index (χ0v) is 9.47. The predicted molar refractivity (Wildman–Crippen MR) is 58.8 cm³/mol. The molecule has 18 heavy (non-hydrogen) atoms. The quantitative estimate of drug-likeness (QED) is 0.861. The number of alkyl halides is 3. The maximum absolute atomic E-state index is 12.6. The molecule has 0 aliphatic rings. The van der Waals surface area contributed by atoms with Gasteiger partial charge in [-0.2, -0.15) is 23.5 Å². The number of aromatic amines is 1. The second kappa shape index (κ2) is 4.35. The predicted octanol–water partition coefficient (Wildman–Crippen LogP) is 3.62. The Balaban J connectivity index is 2.61. The Morgan fingerprint density at radius 2 is 2.06 bits per heavy atom. The Kier molecular flexibility index (Phi) is 3.01. The Morgan fingerprint density at radius 3 is 2.61 bits per heavy atom. The minimum Gasteiger partial charge on any atom is -0.276 e. The second-order valence-electron chi connectivity index (χ2n) is 3.44. The number of nitrogens with one attached hydrogen (secondary N) is 1. The van der Waals surface area contributed by atoms with Gasteiger partial charge in [0.1, 0.15) is 11.6 Å². The summed E-state index contributed by atoms with van der Waals surface area (Å²) in [5.41, 5.74) is -1.38. The van der Waals surface area contributed by atoms with Crippen molar-refractivity contribution in [2.24, 2.45) is 0 Å². The fraction of sp³-hybridized carbons (Fsp3) is 0.0909. The first-order valence-electron chi connectivity index (χ1n) is 4.75. The number of rotatable bonds is 1. The van der Waals surface area contributed by atoms with Gasteiger partial charge >= 0.3 is 6.18 Å². The van der Waals surface area contributed by atoms with E-state index in [0.717, 1.165) is 0 Å². The van der Waals surface area contributed by atoms with Crippen LogP contribution in [0, 0.1) is 11.3 Å². The number of H-pyrrole nitrogens is 1. The normalized spacial score (nSPS) is 11.3. The molecule has 2 rings (SSSR count). The summed E-state index contributed by atoms with van der Waals surface area (Å²) in [6.45, 7) is 0. The number of hydrogen-bond donors (Lipinski definition) is 1. The third-order valence-corrected chi connectivity index (χ3v) is 2.50. The van der Waals surface area contributed by atoms with Gasteiger partial charge in [-0.1, -0.05) is 23.7 Å². The van der Waals surface area contributed by atoms with Crippen LogP contribution in [-0.2, 0) is 6.18 Å². The van der Waals surface area contributed by atoms with Gasteiger partial charge in [-0.25, -0.2) is 0 Å². The van der Waals surface area contributed by atoms with Crippen molar-refractivity contribution in [3.8, 4) is 17.3 Å². The van der Waals surface area contributed by atoms with Gasteiger partial charge in [0, 0.05) is 10.6 Å². The Morgan fingerprint density at radius 1 is 1.33 bits per heavy atom. The lowest BCUT2D eigenvalue weighted by atomic mass is 10.1. The summed E-state index contributed by atoms with van der Waals surface area (Å²) < 4.78 is 37.8. The summed E-state index contributed by atoms with van der Waals surface area (Å²) >= 11 is 5.75. The maximum atomic E-state index is 12.6. The fourth-order valence-electron chi connectivity index (χ4n) is 1.51. The van der Waals surface area contributed by atoms with Gasteiger partial charge in [-0.3, -0.25) is 5.10 Å². The first-order chi connectivity index (χ1) is 8.43. The Labute approximate surface area is 105 Å². The van der Waals surface area contributed by atoms with E-state index in [9.17, 15) is 13.2 Å². The third kappa shape index (κ3) is 2.17. The van der Waals surface area contributed by atoms with Crippen LogP contribution >= 0.6 is 11.6 Å². The Hall–Kier alpha value is -2.00. The summed E-state index contributed by atoms with van der Waals surface area (Å²) in [6.07, 6.45) is -4.67. The molecule has 3 nitrogen and oxygen atoms in total. The van der Waals surface area contributed by atoms with E-state index in [1.807, 2.05) is 0 Å². The molecule has 1 N–H and O–H groups in total. The molecular formula is C11H5ClF3N3. The molecule has 7 heteroatoms. The lowest BCUT2D eigenvalue weighted by molar-refractivity contribution is -0.141. The van der Waals surface area contributed by atoms with Crippen molar-refractivity contribution in [1.82, 2.24) is 10.2 Å². The van der Waals surface area contributed by atoms with Crippen molar-refractivity contribution >= 4 is 11.6 Å². The van der Waals surface area contributed by atoms with Gasteiger partial charge in [-0.05, 0) is 12.1 Å². The molecule has 0 fully saturated rings. The molecule has 1 heterocycles. The number of benzene rings is 1. The molecule has 0 unspecified atom stereocenters. The average Bonchev–Trinajstić information content (AvgIpc) is 2.72. The Bertz CT molecular complexity index is 625. The molecule has 0 amide bonds. The van der Waals surface area contributed by atoms with E-state index in [0.29, 0.717) is 10.6 Å². The monoisotopic (exact) mass is 271 g/mol. The topological polar surface area (TPSA) is 52.5 Å². The maximum Gasteiger partial charge on any atom is 0.436 e. The summed E-state index contributed by atoms with van der Waals surface area (Å²) in [5.74, 6) is 0.